The molecule has 1 atom stereocenters. The van der Waals surface area contributed by atoms with Gasteiger partial charge in [0.25, 0.3) is 5.91 Å². The van der Waals surface area contributed by atoms with Crippen LogP contribution in [0.15, 0.2) is 42.9 Å². The van der Waals surface area contributed by atoms with Crippen LogP contribution >= 0.6 is 0 Å². The van der Waals surface area contributed by atoms with E-state index in [0.717, 1.165) is 42.7 Å². The van der Waals surface area contributed by atoms with Crippen LogP contribution in [0, 0.1) is 0 Å². The number of H-pyrrole nitrogens is 1. The van der Waals surface area contributed by atoms with E-state index in [4.69, 9.17) is 0 Å². The van der Waals surface area contributed by atoms with Crippen molar-refractivity contribution in [3.63, 3.8) is 0 Å². The Kier molecular flexibility index (Phi) is 4.28. The highest BCUT2D eigenvalue weighted by atomic mass is 16.1. The lowest BCUT2D eigenvalue weighted by Gasteiger charge is -2.37. The van der Waals surface area contributed by atoms with Crippen molar-refractivity contribution >= 4 is 22.8 Å². The SMILES string of the molecule is O=C(NC[C@@H]1CCCCN1c1ncnc2[nH]ncc12)c1ccccc1. The predicted octanol–water partition coefficient (Wildman–Crippen LogP) is 2.14. The van der Waals surface area contributed by atoms with E-state index in [1.54, 1.807) is 12.5 Å². The second-order valence-corrected chi connectivity index (χ2v) is 6.25. The molecule has 2 N–H and O–H groups in total. The summed E-state index contributed by atoms with van der Waals surface area (Å²) in [6.07, 6.45) is 6.62. The molecule has 3 aromatic rings. The molecule has 25 heavy (non-hydrogen) atoms. The Bertz CT molecular complexity index is 862. The highest BCUT2D eigenvalue weighted by molar-refractivity contribution is 5.94. The molecule has 4 rings (SSSR count). The predicted molar refractivity (Wildman–Crippen MR) is 95.4 cm³/mol. The molecule has 1 fully saturated rings. The summed E-state index contributed by atoms with van der Waals surface area (Å²) in [6, 6.07) is 9.53. The summed E-state index contributed by atoms with van der Waals surface area (Å²) in [5.74, 6) is 0.847. The van der Waals surface area contributed by atoms with Crippen molar-refractivity contribution in [2.75, 3.05) is 18.0 Å². The van der Waals surface area contributed by atoms with Crippen molar-refractivity contribution in [3.8, 4) is 0 Å². The Morgan fingerprint density at radius 1 is 1.24 bits per heavy atom. The number of hydrogen-bond acceptors (Lipinski definition) is 5. The molecular formula is C18H20N6O. The fraction of sp³-hybridized carbons (Fsp3) is 0.333. The number of carbonyl (C=O) groups excluding carboxylic acids is 1. The number of amides is 1. The van der Waals surface area contributed by atoms with Crippen LogP contribution in [0.4, 0.5) is 5.82 Å². The Balaban J connectivity index is 1.52. The molecule has 1 aliphatic rings. The lowest BCUT2D eigenvalue weighted by molar-refractivity contribution is 0.0949. The molecule has 3 heterocycles. The van der Waals surface area contributed by atoms with Crippen LogP contribution in [0.3, 0.4) is 0 Å². The number of piperidine rings is 1. The molecule has 0 saturated carbocycles. The van der Waals surface area contributed by atoms with Gasteiger partial charge in [-0.3, -0.25) is 9.89 Å². The number of benzene rings is 1. The number of fused-ring (bicyclic) bond motifs is 1. The number of aromatic nitrogens is 4. The van der Waals surface area contributed by atoms with Gasteiger partial charge < -0.3 is 10.2 Å². The van der Waals surface area contributed by atoms with Gasteiger partial charge in [0.15, 0.2) is 5.65 Å². The second kappa shape index (κ2) is 6.88. The summed E-state index contributed by atoms with van der Waals surface area (Å²) in [5, 5.41) is 10.9. The van der Waals surface area contributed by atoms with E-state index in [-0.39, 0.29) is 11.9 Å². The molecule has 0 bridgehead atoms. The number of hydrogen-bond donors (Lipinski definition) is 2. The van der Waals surface area contributed by atoms with Crippen LogP contribution in [0.5, 0.6) is 0 Å². The number of nitrogens with one attached hydrogen (secondary N) is 2. The monoisotopic (exact) mass is 336 g/mol. The van der Waals surface area contributed by atoms with Crippen molar-refractivity contribution < 1.29 is 4.79 Å². The average Bonchev–Trinajstić information content (AvgIpc) is 3.16. The molecule has 1 aliphatic heterocycles. The molecule has 0 spiro atoms. The smallest absolute Gasteiger partial charge is 0.251 e. The summed E-state index contributed by atoms with van der Waals surface area (Å²) in [7, 11) is 0. The van der Waals surface area contributed by atoms with E-state index in [2.05, 4.69) is 30.4 Å². The third-order valence-electron chi connectivity index (χ3n) is 4.66. The maximum absolute atomic E-state index is 12.3. The van der Waals surface area contributed by atoms with Crippen LogP contribution in [0.2, 0.25) is 0 Å². The van der Waals surface area contributed by atoms with Gasteiger partial charge in [-0.15, -0.1) is 0 Å². The van der Waals surface area contributed by atoms with Gasteiger partial charge in [0.1, 0.15) is 12.1 Å². The van der Waals surface area contributed by atoms with E-state index in [0.29, 0.717) is 12.1 Å². The minimum Gasteiger partial charge on any atom is -0.351 e. The summed E-state index contributed by atoms with van der Waals surface area (Å²) < 4.78 is 0. The van der Waals surface area contributed by atoms with Gasteiger partial charge in [0.05, 0.1) is 11.6 Å². The van der Waals surface area contributed by atoms with Crippen LogP contribution in [-0.4, -0.2) is 45.2 Å². The Morgan fingerprint density at radius 2 is 2.12 bits per heavy atom. The Labute approximate surface area is 145 Å². The highest BCUT2D eigenvalue weighted by Gasteiger charge is 2.26. The molecule has 1 aromatic carbocycles. The zero-order valence-corrected chi connectivity index (χ0v) is 13.9. The van der Waals surface area contributed by atoms with Gasteiger partial charge in [0, 0.05) is 24.7 Å². The Morgan fingerprint density at radius 3 is 3.00 bits per heavy atom. The Hall–Kier alpha value is -2.96. The lowest BCUT2D eigenvalue weighted by atomic mass is 10.0. The summed E-state index contributed by atoms with van der Waals surface area (Å²) in [6.45, 7) is 1.51. The van der Waals surface area contributed by atoms with Gasteiger partial charge in [0.2, 0.25) is 0 Å². The van der Waals surface area contributed by atoms with Crippen LogP contribution in [0.1, 0.15) is 29.6 Å². The normalized spacial score (nSPS) is 17.6. The fourth-order valence-electron chi connectivity index (χ4n) is 3.37. The van der Waals surface area contributed by atoms with E-state index in [1.807, 2.05) is 30.3 Å². The molecular weight excluding hydrogens is 316 g/mol. The number of anilines is 1. The first-order chi connectivity index (χ1) is 12.3. The molecule has 0 unspecified atom stereocenters. The molecule has 1 amide bonds. The standard InChI is InChI=1S/C18H20N6O/c25-18(13-6-2-1-3-7-13)19-10-14-8-4-5-9-24(14)17-15-11-22-23-16(15)20-12-21-17/h1-3,6-7,11-12,14H,4-5,8-10H2,(H,19,25)(H,20,21,22,23)/t14-/m0/s1. The highest BCUT2D eigenvalue weighted by Crippen LogP contribution is 2.27. The zero-order valence-electron chi connectivity index (χ0n) is 13.9. The minimum absolute atomic E-state index is 0.0396. The first-order valence-corrected chi connectivity index (χ1v) is 8.57. The van der Waals surface area contributed by atoms with Crippen LogP contribution in [-0.2, 0) is 0 Å². The van der Waals surface area contributed by atoms with Crippen molar-refractivity contribution in [1.29, 1.82) is 0 Å². The molecule has 7 heteroatoms. The summed E-state index contributed by atoms with van der Waals surface area (Å²) >= 11 is 0. The first kappa shape index (κ1) is 15.6. The first-order valence-electron chi connectivity index (χ1n) is 8.57. The van der Waals surface area contributed by atoms with Crippen molar-refractivity contribution in [2.45, 2.75) is 25.3 Å². The number of nitrogens with zero attached hydrogens (tertiary/aromatic N) is 4. The fourth-order valence-corrected chi connectivity index (χ4v) is 3.37. The molecule has 7 nitrogen and oxygen atoms in total. The van der Waals surface area contributed by atoms with Crippen molar-refractivity contribution in [1.82, 2.24) is 25.5 Å². The van der Waals surface area contributed by atoms with Crippen LogP contribution in [0.25, 0.3) is 11.0 Å². The zero-order chi connectivity index (χ0) is 17.1. The van der Waals surface area contributed by atoms with E-state index in [9.17, 15) is 4.79 Å². The van der Waals surface area contributed by atoms with E-state index < -0.39 is 0 Å². The third-order valence-corrected chi connectivity index (χ3v) is 4.66. The van der Waals surface area contributed by atoms with Gasteiger partial charge in [-0.1, -0.05) is 18.2 Å². The molecule has 1 saturated heterocycles. The van der Waals surface area contributed by atoms with Gasteiger partial charge >= 0.3 is 0 Å². The quantitative estimate of drug-likeness (QED) is 0.762. The molecule has 0 aliphatic carbocycles. The average molecular weight is 336 g/mol. The topological polar surface area (TPSA) is 86.8 Å². The lowest BCUT2D eigenvalue weighted by Crippen LogP contribution is -2.47. The van der Waals surface area contributed by atoms with Gasteiger partial charge in [-0.2, -0.15) is 5.10 Å². The molecule has 128 valence electrons. The van der Waals surface area contributed by atoms with E-state index >= 15 is 0 Å². The maximum Gasteiger partial charge on any atom is 0.251 e. The van der Waals surface area contributed by atoms with Gasteiger partial charge in [-0.25, -0.2) is 9.97 Å². The van der Waals surface area contributed by atoms with E-state index in [1.165, 1.54) is 0 Å². The molecule has 0 radical (unpaired) electrons. The number of rotatable bonds is 4. The number of aromatic amines is 1. The van der Waals surface area contributed by atoms with Gasteiger partial charge in [-0.05, 0) is 31.4 Å². The maximum atomic E-state index is 12.3. The van der Waals surface area contributed by atoms with Crippen LogP contribution < -0.4 is 10.2 Å². The van der Waals surface area contributed by atoms with Crippen molar-refractivity contribution in [2.24, 2.45) is 0 Å². The largest absolute Gasteiger partial charge is 0.351 e. The van der Waals surface area contributed by atoms with Crippen molar-refractivity contribution in [3.05, 3.63) is 48.4 Å². The second-order valence-electron chi connectivity index (χ2n) is 6.25. The summed E-state index contributed by atoms with van der Waals surface area (Å²) in [4.78, 5) is 23.3. The third kappa shape index (κ3) is 3.17. The molecule has 2 aromatic heterocycles. The number of carbonyl (C=O) groups is 1. The minimum atomic E-state index is -0.0396. The summed E-state index contributed by atoms with van der Waals surface area (Å²) in [5.41, 5.74) is 1.42.